The van der Waals surface area contributed by atoms with Gasteiger partial charge in [0, 0.05) is 64.6 Å². The molecule has 0 unspecified atom stereocenters. The molecule has 0 aliphatic carbocycles. The molecule has 8 nitrogen and oxygen atoms in total. The van der Waals surface area contributed by atoms with Gasteiger partial charge in [-0.2, -0.15) is 0 Å². The maximum Gasteiger partial charge on any atom is 0.236 e. The van der Waals surface area contributed by atoms with Crippen LogP contribution < -0.4 is 5.32 Å². The third-order valence-electron chi connectivity index (χ3n) is 6.72. The number of hydrogen-bond donors (Lipinski definition) is 1. The van der Waals surface area contributed by atoms with Crippen LogP contribution >= 0.6 is 24.0 Å². The smallest absolute Gasteiger partial charge is 0.236 e. The largest absolute Gasteiger partial charge is 0.381 e. The van der Waals surface area contributed by atoms with Gasteiger partial charge in [0.25, 0.3) is 0 Å². The first kappa shape index (κ1) is 25.6. The van der Waals surface area contributed by atoms with Crippen molar-refractivity contribution in [3.8, 4) is 0 Å². The standard InChI is InChI=1S/C21H40N6O2.HI/c1-4-22-20(23-18-21(24(2)3)7-15-29-16-8-21)27-13-11-25(12-14-27)17-19(28)26-9-5-6-10-26;/h4-18H2,1-3H3,(H,22,23);1H. The van der Waals surface area contributed by atoms with Gasteiger partial charge in [-0.15, -0.1) is 24.0 Å². The molecule has 3 aliphatic heterocycles. The first-order valence-corrected chi connectivity index (χ1v) is 11.3. The number of carbonyl (C=O) groups excluding carboxylic acids is 1. The fraction of sp³-hybridized carbons (Fsp3) is 0.905. The van der Waals surface area contributed by atoms with Crippen LogP contribution in [0.25, 0.3) is 0 Å². The Balaban J connectivity index is 0.00000320. The van der Waals surface area contributed by atoms with Crippen molar-refractivity contribution in [1.82, 2.24) is 24.9 Å². The third-order valence-corrected chi connectivity index (χ3v) is 6.72. The van der Waals surface area contributed by atoms with Crippen molar-refractivity contribution in [1.29, 1.82) is 0 Å². The van der Waals surface area contributed by atoms with Gasteiger partial charge in [0.2, 0.25) is 5.91 Å². The number of likely N-dealkylation sites (N-methyl/N-ethyl adjacent to an activating group) is 1. The predicted octanol–water partition coefficient (Wildman–Crippen LogP) is 0.921. The second-order valence-electron chi connectivity index (χ2n) is 8.75. The van der Waals surface area contributed by atoms with Gasteiger partial charge in [0.05, 0.1) is 13.1 Å². The minimum absolute atomic E-state index is 0. The van der Waals surface area contributed by atoms with Gasteiger partial charge < -0.3 is 24.8 Å². The summed E-state index contributed by atoms with van der Waals surface area (Å²) in [4.78, 5) is 26.5. The van der Waals surface area contributed by atoms with Gasteiger partial charge in [0.1, 0.15) is 0 Å². The van der Waals surface area contributed by atoms with Crippen LogP contribution in [-0.2, 0) is 9.53 Å². The van der Waals surface area contributed by atoms with E-state index >= 15 is 0 Å². The summed E-state index contributed by atoms with van der Waals surface area (Å²) in [6.45, 7) is 11.5. The molecule has 0 atom stereocenters. The molecule has 0 aromatic carbocycles. The van der Waals surface area contributed by atoms with Crippen LogP contribution in [0.1, 0.15) is 32.6 Å². The van der Waals surface area contributed by atoms with Crippen molar-refractivity contribution < 1.29 is 9.53 Å². The molecule has 0 spiro atoms. The van der Waals surface area contributed by atoms with Gasteiger partial charge in [-0.05, 0) is 46.7 Å². The second-order valence-corrected chi connectivity index (χ2v) is 8.75. The summed E-state index contributed by atoms with van der Waals surface area (Å²) < 4.78 is 5.59. The number of carbonyl (C=O) groups is 1. The molecular weight excluding hydrogens is 495 g/mol. The van der Waals surface area contributed by atoms with Crippen LogP contribution in [0.15, 0.2) is 4.99 Å². The van der Waals surface area contributed by atoms with Crippen molar-refractivity contribution in [3.05, 3.63) is 0 Å². The lowest BCUT2D eigenvalue weighted by Crippen LogP contribution is -2.55. The lowest BCUT2D eigenvalue weighted by molar-refractivity contribution is -0.131. The Labute approximate surface area is 199 Å². The summed E-state index contributed by atoms with van der Waals surface area (Å²) in [5.74, 6) is 1.30. The van der Waals surface area contributed by atoms with Gasteiger partial charge in [-0.1, -0.05) is 0 Å². The van der Waals surface area contributed by atoms with Gasteiger partial charge in [0.15, 0.2) is 5.96 Å². The van der Waals surface area contributed by atoms with E-state index in [0.29, 0.717) is 12.5 Å². The van der Waals surface area contributed by atoms with Crippen molar-refractivity contribution >= 4 is 35.8 Å². The highest BCUT2D eigenvalue weighted by Gasteiger charge is 2.35. The van der Waals surface area contributed by atoms with Gasteiger partial charge >= 0.3 is 0 Å². The van der Waals surface area contributed by atoms with Crippen LogP contribution in [0.5, 0.6) is 0 Å². The summed E-state index contributed by atoms with van der Waals surface area (Å²) in [7, 11) is 4.31. The molecule has 3 rings (SSSR count). The molecule has 0 aromatic rings. The van der Waals surface area contributed by atoms with Crippen LogP contribution in [0.4, 0.5) is 0 Å². The average molecular weight is 537 g/mol. The van der Waals surface area contributed by atoms with Gasteiger partial charge in [-0.3, -0.25) is 14.7 Å². The third kappa shape index (κ3) is 6.67. The van der Waals surface area contributed by atoms with E-state index in [1.54, 1.807) is 0 Å². The Morgan fingerprint density at radius 2 is 1.67 bits per heavy atom. The molecule has 174 valence electrons. The van der Waals surface area contributed by atoms with E-state index in [-0.39, 0.29) is 29.5 Å². The lowest BCUT2D eigenvalue weighted by atomic mass is 9.89. The highest BCUT2D eigenvalue weighted by Crippen LogP contribution is 2.26. The monoisotopic (exact) mass is 536 g/mol. The normalized spacial score (nSPS) is 22.9. The fourth-order valence-corrected chi connectivity index (χ4v) is 4.52. The zero-order valence-corrected chi connectivity index (χ0v) is 21.4. The van der Waals surface area contributed by atoms with Crippen LogP contribution in [0.3, 0.4) is 0 Å². The van der Waals surface area contributed by atoms with Gasteiger partial charge in [-0.25, -0.2) is 0 Å². The number of aliphatic imine (C=N–C) groups is 1. The number of nitrogens with zero attached hydrogens (tertiary/aromatic N) is 5. The average Bonchev–Trinajstić information content (AvgIpc) is 3.27. The van der Waals surface area contributed by atoms with E-state index in [1.807, 2.05) is 4.90 Å². The number of amides is 1. The Morgan fingerprint density at radius 3 is 2.23 bits per heavy atom. The molecule has 1 N–H and O–H groups in total. The molecule has 3 aliphatic rings. The first-order valence-electron chi connectivity index (χ1n) is 11.3. The molecule has 0 saturated carbocycles. The Bertz CT molecular complexity index is 554. The van der Waals surface area contributed by atoms with Crippen LogP contribution in [0, 0.1) is 0 Å². The van der Waals surface area contributed by atoms with Crippen molar-refractivity contribution in [2.24, 2.45) is 4.99 Å². The first-order chi connectivity index (χ1) is 14.0. The number of hydrogen-bond acceptors (Lipinski definition) is 5. The Hall–Kier alpha value is -0.650. The number of nitrogens with one attached hydrogen (secondary N) is 1. The molecular formula is C21H41IN6O2. The lowest BCUT2D eigenvalue weighted by Gasteiger charge is -2.42. The predicted molar refractivity (Wildman–Crippen MR) is 132 cm³/mol. The van der Waals surface area contributed by atoms with Crippen LogP contribution in [-0.4, -0.2) is 123 Å². The topological polar surface area (TPSA) is 63.7 Å². The van der Waals surface area contributed by atoms with E-state index in [2.05, 4.69) is 41.0 Å². The maximum atomic E-state index is 12.4. The highest BCUT2D eigenvalue weighted by atomic mass is 127. The molecule has 1 amide bonds. The van der Waals surface area contributed by atoms with E-state index in [9.17, 15) is 4.79 Å². The zero-order chi connectivity index (χ0) is 20.7. The quantitative estimate of drug-likeness (QED) is 0.310. The molecule has 3 fully saturated rings. The fourth-order valence-electron chi connectivity index (χ4n) is 4.52. The summed E-state index contributed by atoms with van der Waals surface area (Å²) in [6.07, 6.45) is 4.36. The molecule has 0 radical (unpaired) electrons. The summed E-state index contributed by atoms with van der Waals surface area (Å²) in [5, 5.41) is 3.48. The molecule has 9 heteroatoms. The van der Waals surface area contributed by atoms with E-state index < -0.39 is 0 Å². The Kier molecular flexibility index (Phi) is 10.6. The maximum absolute atomic E-state index is 12.4. The Morgan fingerprint density at radius 1 is 1.03 bits per heavy atom. The second kappa shape index (κ2) is 12.4. The van der Waals surface area contributed by atoms with Crippen molar-refractivity contribution in [2.75, 3.05) is 86.2 Å². The highest BCUT2D eigenvalue weighted by molar-refractivity contribution is 14.0. The van der Waals surface area contributed by atoms with Crippen LogP contribution in [0.2, 0.25) is 0 Å². The number of halogens is 1. The van der Waals surface area contributed by atoms with E-state index in [4.69, 9.17) is 9.73 Å². The van der Waals surface area contributed by atoms with Crippen molar-refractivity contribution in [3.63, 3.8) is 0 Å². The number of rotatable bonds is 6. The SMILES string of the molecule is CCNC(=NCC1(N(C)C)CCOCC1)N1CCN(CC(=O)N2CCCC2)CC1.I. The summed E-state index contributed by atoms with van der Waals surface area (Å²) >= 11 is 0. The van der Waals surface area contributed by atoms with E-state index in [0.717, 1.165) is 97.2 Å². The number of ether oxygens (including phenoxy) is 1. The minimum Gasteiger partial charge on any atom is -0.381 e. The molecule has 0 bridgehead atoms. The van der Waals surface area contributed by atoms with E-state index in [1.165, 1.54) is 0 Å². The zero-order valence-electron chi connectivity index (χ0n) is 19.1. The number of guanidine groups is 1. The molecule has 30 heavy (non-hydrogen) atoms. The molecule has 3 saturated heterocycles. The number of piperazine rings is 1. The minimum atomic E-state index is 0. The molecule has 0 aromatic heterocycles. The summed E-state index contributed by atoms with van der Waals surface area (Å²) in [6, 6.07) is 0. The summed E-state index contributed by atoms with van der Waals surface area (Å²) in [5.41, 5.74) is 0.0862. The molecule has 3 heterocycles. The van der Waals surface area contributed by atoms with Crippen molar-refractivity contribution in [2.45, 2.75) is 38.1 Å². The number of likely N-dealkylation sites (tertiary alicyclic amines) is 1.